The van der Waals surface area contributed by atoms with Gasteiger partial charge >= 0.3 is 0 Å². The summed E-state index contributed by atoms with van der Waals surface area (Å²) in [5, 5.41) is 0. The van der Waals surface area contributed by atoms with E-state index in [1.54, 1.807) is 0 Å². The number of allylic oxidation sites excluding steroid dienone is 4. The number of hydrogen-bond donors (Lipinski definition) is 1. The van der Waals surface area contributed by atoms with Crippen LogP contribution < -0.4 is 4.90 Å². The fraction of sp³-hybridized carbons (Fsp3) is 0.370. The topological polar surface area (TPSA) is 70.0 Å². The first-order chi connectivity index (χ1) is 15.5. The highest BCUT2D eigenvalue weighted by Gasteiger charge is 2.39. The maximum absolute atomic E-state index is 11.1. The summed E-state index contributed by atoms with van der Waals surface area (Å²) in [4.78, 5) is 7.13. The highest BCUT2D eigenvalue weighted by atomic mass is 32.2. The van der Waals surface area contributed by atoms with Gasteiger partial charge < -0.3 is 4.90 Å². The van der Waals surface area contributed by atoms with Crippen molar-refractivity contribution in [2.24, 2.45) is 4.99 Å². The molecule has 0 fully saturated rings. The first-order valence-corrected chi connectivity index (χ1v) is 13.0. The van der Waals surface area contributed by atoms with Crippen molar-refractivity contribution < 1.29 is 13.0 Å². The molecule has 5 nitrogen and oxygen atoms in total. The van der Waals surface area contributed by atoms with Gasteiger partial charge in [-0.3, -0.25) is 9.55 Å². The molecule has 33 heavy (non-hydrogen) atoms. The average Bonchev–Trinajstić information content (AvgIpc) is 3.13. The molecule has 0 spiro atoms. The zero-order valence-corrected chi connectivity index (χ0v) is 20.6. The molecule has 6 heteroatoms. The number of anilines is 1. The number of para-hydroxylation sites is 2. The summed E-state index contributed by atoms with van der Waals surface area (Å²) in [6.45, 7) is 9.53. The summed E-state index contributed by atoms with van der Waals surface area (Å²) in [7, 11) is -3.93. The van der Waals surface area contributed by atoms with Crippen molar-refractivity contribution in [3.63, 3.8) is 0 Å². The van der Waals surface area contributed by atoms with E-state index in [-0.39, 0.29) is 16.6 Å². The zero-order valence-electron chi connectivity index (χ0n) is 19.7. The van der Waals surface area contributed by atoms with Gasteiger partial charge in [0.05, 0.1) is 17.2 Å². The van der Waals surface area contributed by atoms with E-state index in [0.717, 1.165) is 17.1 Å². The van der Waals surface area contributed by atoms with Crippen LogP contribution in [0.15, 0.2) is 77.4 Å². The number of fused-ring (bicyclic) bond motifs is 2. The molecule has 0 amide bonds. The quantitative estimate of drug-likeness (QED) is 0.406. The Kier molecular flexibility index (Phi) is 6.10. The fourth-order valence-electron chi connectivity index (χ4n) is 4.92. The third kappa shape index (κ3) is 4.55. The van der Waals surface area contributed by atoms with E-state index in [1.807, 2.05) is 12.1 Å². The smallest absolute Gasteiger partial charge is 0.264 e. The van der Waals surface area contributed by atoms with Crippen LogP contribution in [0.4, 0.5) is 11.4 Å². The third-order valence-corrected chi connectivity index (χ3v) is 7.60. The van der Waals surface area contributed by atoms with Gasteiger partial charge in [0.1, 0.15) is 0 Å². The lowest BCUT2D eigenvalue weighted by molar-refractivity contribution is 0.480. The summed E-state index contributed by atoms with van der Waals surface area (Å²) in [5.74, 6) is -0.208. The minimum Gasteiger partial charge on any atom is -0.344 e. The highest BCUT2D eigenvalue weighted by Crippen LogP contribution is 2.47. The van der Waals surface area contributed by atoms with Crippen LogP contribution in [0.25, 0.3) is 0 Å². The Labute approximate surface area is 197 Å². The number of nitrogens with zero attached hydrogens (tertiary/aromatic N) is 2. The lowest BCUT2D eigenvalue weighted by Crippen LogP contribution is -2.27. The van der Waals surface area contributed by atoms with E-state index in [1.165, 1.54) is 16.8 Å². The van der Waals surface area contributed by atoms with Crippen LogP contribution >= 0.6 is 0 Å². The van der Waals surface area contributed by atoms with Gasteiger partial charge in [0.15, 0.2) is 0 Å². The number of rotatable bonds is 7. The molecular formula is C27H32N2O3S. The van der Waals surface area contributed by atoms with Gasteiger partial charge in [0.2, 0.25) is 0 Å². The molecule has 2 heterocycles. The number of unbranched alkanes of at least 4 members (excludes halogenated alkanes) is 1. The molecule has 2 aromatic rings. The molecule has 2 aliphatic heterocycles. The highest BCUT2D eigenvalue weighted by molar-refractivity contribution is 7.85. The SMILES string of the molecule is CC1(C)C(/C=C/C=C2\N(CCCCS(=O)(=O)O)c3ccccc3C2(C)C)=Nc2ccccc21. The van der Waals surface area contributed by atoms with Crippen LogP contribution in [0.2, 0.25) is 0 Å². The van der Waals surface area contributed by atoms with Gasteiger partial charge in [0, 0.05) is 28.8 Å². The molecule has 174 valence electrons. The van der Waals surface area contributed by atoms with Crippen LogP contribution in [0.3, 0.4) is 0 Å². The number of benzene rings is 2. The van der Waals surface area contributed by atoms with Gasteiger partial charge in [-0.25, -0.2) is 0 Å². The Morgan fingerprint density at radius 2 is 1.61 bits per heavy atom. The van der Waals surface area contributed by atoms with E-state index in [9.17, 15) is 8.42 Å². The Balaban J connectivity index is 1.60. The molecule has 0 saturated carbocycles. The van der Waals surface area contributed by atoms with Gasteiger partial charge in [-0.1, -0.05) is 70.2 Å². The summed E-state index contributed by atoms with van der Waals surface area (Å²) in [5.41, 5.74) is 6.56. The standard InChI is InChI=1S/C27H32N2O3S/c1-26(2)20-12-5-7-14-22(20)28-24(26)16-11-17-25-27(3,4)21-13-6-8-15-23(21)29(25)18-9-10-19-33(30,31)32/h5-8,11-17H,9-10,18-19H2,1-4H3,(H,30,31,32)/b16-11+,25-17-. The van der Waals surface area contributed by atoms with Crippen LogP contribution in [0, 0.1) is 0 Å². The van der Waals surface area contributed by atoms with Gasteiger partial charge in [-0.05, 0) is 48.3 Å². The summed E-state index contributed by atoms with van der Waals surface area (Å²) in [6, 6.07) is 16.6. The monoisotopic (exact) mass is 464 g/mol. The van der Waals surface area contributed by atoms with Crippen LogP contribution in [0.1, 0.15) is 51.7 Å². The second kappa shape index (κ2) is 8.58. The molecular weight excluding hydrogens is 432 g/mol. The lowest BCUT2D eigenvalue weighted by atomic mass is 9.81. The van der Waals surface area contributed by atoms with Crippen LogP contribution in [-0.4, -0.2) is 31.0 Å². The molecule has 1 N–H and O–H groups in total. The predicted octanol–water partition coefficient (Wildman–Crippen LogP) is 5.96. The van der Waals surface area contributed by atoms with Gasteiger partial charge in [0.25, 0.3) is 10.1 Å². The van der Waals surface area contributed by atoms with Crippen molar-refractivity contribution in [2.45, 2.75) is 51.4 Å². The largest absolute Gasteiger partial charge is 0.344 e. The Bertz CT molecular complexity index is 1250. The molecule has 0 bridgehead atoms. The maximum atomic E-state index is 11.1. The van der Waals surface area contributed by atoms with Crippen molar-refractivity contribution in [1.82, 2.24) is 0 Å². The second-order valence-electron chi connectivity index (χ2n) is 9.84. The van der Waals surface area contributed by atoms with Crippen molar-refractivity contribution in [2.75, 3.05) is 17.2 Å². The minimum absolute atomic E-state index is 0.144. The zero-order chi connectivity index (χ0) is 23.9. The van der Waals surface area contributed by atoms with Crippen molar-refractivity contribution in [3.8, 4) is 0 Å². The molecule has 0 atom stereocenters. The fourth-order valence-corrected chi connectivity index (χ4v) is 5.49. The van der Waals surface area contributed by atoms with E-state index in [2.05, 4.69) is 87.2 Å². The van der Waals surface area contributed by atoms with Gasteiger partial charge in [-0.2, -0.15) is 8.42 Å². The Morgan fingerprint density at radius 1 is 0.939 bits per heavy atom. The minimum atomic E-state index is -3.93. The van der Waals surface area contributed by atoms with Crippen molar-refractivity contribution in [1.29, 1.82) is 0 Å². The van der Waals surface area contributed by atoms with E-state index < -0.39 is 10.1 Å². The lowest BCUT2D eigenvalue weighted by Gasteiger charge is -2.27. The molecule has 0 saturated heterocycles. The van der Waals surface area contributed by atoms with E-state index in [4.69, 9.17) is 9.55 Å². The predicted molar refractivity (Wildman–Crippen MR) is 136 cm³/mol. The molecule has 0 aliphatic carbocycles. The summed E-state index contributed by atoms with van der Waals surface area (Å²) >= 11 is 0. The second-order valence-corrected chi connectivity index (χ2v) is 11.4. The van der Waals surface area contributed by atoms with Gasteiger partial charge in [-0.15, -0.1) is 0 Å². The summed E-state index contributed by atoms with van der Waals surface area (Å²) < 4.78 is 31.3. The maximum Gasteiger partial charge on any atom is 0.264 e. The number of aliphatic imine (C=N–C) groups is 1. The normalized spacial score (nSPS) is 19.7. The molecule has 0 unspecified atom stereocenters. The molecule has 2 aromatic carbocycles. The molecule has 0 aromatic heterocycles. The van der Waals surface area contributed by atoms with E-state index in [0.29, 0.717) is 19.4 Å². The van der Waals surface area contributed by atoms with Crippen molar-refractivity contribution in [3.05, 3.63) is 83.6 Å². The van der Waals surface area contributed by atoms with Crippen LogP contribution in [0.5, 0.6) is 0 Å². The first-order valence-electron chi connectivity index (χ1n) is 11.4. The Hall–Kier alpha value is -2.70. The third-order valence-electron chi connectivity index (χ3n) is 6.80. The molecule has 0 radical (unpaired) electrons. The number of hydrogen-bond acceptors (Lipinski definition) is 4. The average molecular weight is 465 g/mol. The summed E-state index contributed by atoms with van der Waals surface area (Å²) in [6.07, 6.45) is 7.43. The molecule has 4 rings (SSSR count). The first kappa shape index (κ1) is 23.5. The van der Waals surface area contributed by atoms with E-state index >= 15 is 0 Å². The Morgan fingerprint density at radius 3 is 2.30 bits per heavy atom. The molecule has 2 aliphatic rings. The van der Waals surface area contributed by atoms with Crippen molar-refractivity contribution >= 4 is 27.2 Å². The van der Waals surface area contributed by atoms with Crippen LogP contribution in [-0.2, 0) is 20.9 Å².